The predicted octanol–water partition coefficient (Wildman–Crippen LogP) is 8.04. The summed E-state index contributed by atoms with van der Waals surface area (Å²) in [6.07, 6.45) is 4.12. The van der Waals surface area contributed by atoms with Crippen molar-refractivity contribution in [2.24, 2.45) is 0 Å². The van der Waals surface area contributed by atoms with E-state index in [4.69, 9.17) is 8.85 Å². The van der Waals surface area contributed by atoms with Crippen LogP contribution in [0.1, 0.15) is 54.0 Å². The van der Waals surface area contributed by atoms with Crippen LogP contribution in [0.25, 0.3) is 6.08 Å². The molecule has 0 saturated carbocycles. The van der Waals surface area contributed by atoms with Gasteiger partial charge in [-0.05, 0) is 61.4 Å². The van der Waals surface area contributed by atoms with Crippen LogP contribution < -0.4 is 8.85 Å². The van der Waals surface area contributed by atoms with E-state index in [2.05, 4.69) is 98.6 Å². The van der Waals surface area contributed by atoms with Gasteiger partial charge in [0.25, 0.3) is 8.32 Å². The van der Waals surface area contributed by atoms with E-state index < -0.39 is 16.6 Å². The van der Waals surface area contributed by atoms with Crippen molar-refractivity contribution in [2.45, 2.75) is 84.7 Å². The molecule has 1 aromatic rings. The third-order valence-corrected chi connectivity index (χ3v) is 14.6. The maximum absolute atomic E-state index is 6.60. The molecule has 0 saturated heterocycles. The van der Waals surface area contributed by atoms with Gasteiger partial charge in [-0.2, -0.15) is 0 Å². The van der Waals surface area contributed by atoms with Crippen LogP contribution in [-0.2, 0) is 0 Å². The Labute approximate surface area is 169 Å². The lowest BCUT2D eigenvalue weighted by atomic mass is 10.1. The normalized spacial score (nSPS) is 13.7. The summed E-state index contributed by atoms with van der Waals surface area (Å²) in [5.41, 5.74) is 2.07. The molecule has 0 bridgehead atoms. The summed E-state index contributed by atoms with van der Waals surface area (Å²) in [6, 6.07) is 6.24. The first-order valence-electron chi connectivity index (χ1n) is 9.82. The largest absolute Gasteiger partial charge is 0.543 e. The Bertz CT molecular complexity index is 702. The number of hydrogen-bond acceptors (Lipinski definition) is 2. The van der Waals surface area contributed by atoms with E-state index in [0.29, 0.717) is 0 Å². The molecule has 0 heterocycles. The van der Waals surface area contributed by atoms with Crippen molar-refractivity contribution in [3.63, 3.8) is 0 Å². The van der Waals surface area contributed by atoms with Gasteiger partial charge in [-0.25, -0.2) is 0 Å². The lowest BCUT2D eigenvalue weighted by molar-refractivity contribution is 0.481. The van der Waals surface area contributed by atoms with Gasteiger partial charge in [0, 0.05) is 5.56 Å². The van der Waals surface area contributed by atoms with Crippen LogP contribution in [0.3, 0.4) is 0 Å². The third kappa shape index (κ3) is 6.39. The highest BCUT2D eigenvalue weighted by molar-refractivity contribution is 6.75. The first kappa shape index (κ1) is 23.8. The van der Waals surface area contributed by atoms with Crippen molar-refractivity contribution in [1.29, 1.82) is 0 Å². The number of benzene rings is 1. The van der Waals surface area contributed by atoms with Crippen LogP contribution in [0.15, 0.2) is 36.4 Å². The van der Waals surface area contributed by atoms with Crippen LogP contribution in [-0.4, -0.2) is 16.6 Å². The maximum Gasteiger partial charge on any atom is 0.250 e. The van der Waals surface area contributed by atoms with E-state index in [1.165, 1.54) is 0 Å². The summed E-state index contributed by atoms with van der Waals surface area (Å²) >= 11 is 0. The fraction of sp³-hybridized carbons (Fsp3) is 0.565. The Balaban J connectivity index is 3.32. The number of hydrogen-bond donors (Lipinski definition) is 0. The van der Waals surface area contributed by atoms with Crippen LogP contribution in [0.5, 0.6) is 11.5 Å². The van der Waals surface area contributed by atoms with Crippen molar-refractivity contribution in [3.05, 3.63) is 42.0 Å². The van der Waals surface area contributed by atoms with Crippen LogP contribution in [0.4, 0.5) is 0 Å². The highest BCUT2D eigenvalue weighted by Crippen LogP contribution is 2.41. The second-order valence-corrected chi connectivity index (χ2v) is 20.1. The van der Waals surface area contributed by atoms with Crippen molar-refractivity contribution in [1.82, 2.24) is 0 Å². The summed E-state index contributed by atoms with van der Waals surface area (Å²) in [5.74, 6) is 1.85. The van der Waals surface area contributed by atoms with Crippen molar-refractivity contribution < 1.29 is 8.85 Å². The van der Waals surface area contributed by atoms with Crippen LogP contribution in [0, 0.1) is 0 Å². The predicted molar refractivity (Wildman–Crippen MR) is 126 cm³/mol. The van der Waals surface area contributed by atoms with Crippen molar-refractivity contribution >= 4 is 22.7 Å². The Morgan fingerprint density at radius 1 is 0.889 bits per heavy atom. The standard InChI is InChI=1S/C23H40O2Si2/c1-18(2)13-14-19-17-20(24-26(9,10)22(3,4)5)15-16-21(19)25-27(11,12)23(6,7)8/h13-17H,1H2,2-12H3/b14-13+. The summed E-state index contributed by atoms with van der Waals surface area (Å²) in [6.45, 7) is 28.7. The second kappa shape index (κ2) is 8.00. The smallest absolute Gasteiger partial charge is 0.250 e. The molecule has 0 atom stereocenters. The molecule has 2 nitrogen and oxygen atoms in total. The highest BCUT2D eigenvalue weighted by Gasteiger charge is 2.40. The molecule has 0 radical (unpaired) electrons. The lowest BCUT2D eigenvalue weighted by Gasteiger charge is -2.38. The Morgan fingerprint density at radius 2 is 1.37 bits per heavy atom. The zero-order valence-electron chi connectivity index (χ0n) is 19.4. The maximum atomic E-state index is 6.60. The van der Waals surface area contributed by atoms with E-state index in [-0.39, 0.29) is 10.1 Å². The van der Waals surface area contributed by atoms with Crippen LogP contribution in [0.2, 0.25) is 36.3 Å². The van der Waals surface area contributed by atoms with Crippen molar-refractivity contribution in [2.75, 3.05) is 0 Å². The molecule has 4 heteroatoms. The molecule has 0 aromatic heterocycles. The van der Waals surface area contributed by atoms with Gasteiger partial charge in [0.2, 0.25) is 8.32 Å². The van der Waals surface area contributed by atoms with Gasteiger partial charge in [0.15, 0.2) is 0 Å². The molecule has 27 heavy (non-hydrogen) atoms. The minimum Gasteiger partial charge on any atom is -0.543 e. The highest BCUT2D eigenvalue weighted by atomic mass is 28.4. The van der Waals surface area contributed by atoms with Gasteiger partial charge in [-0.3, -0.25) is 0 Å². The molecular weight excluding hydrogens is 364 g/mol. The molecule has 0 aliphatic carbocycles. The molecule has 0 N–H and O–H groups in total. The quantitative estimate of drug-likeness (QED) is 0.353. The first-order chi connectivity index (χ1) is 12.0. The number of rotatable bonds is 6. The SMILES string of the molecule is C=C(C)/C=C/c1cc(O[Si](C)(C)C(C)(C)C)ccc1O[Si](C)(C)C(C)(C)C. The fourth-order valence-corrected chi connectivity index (χ4v) is 3.99. The molecule has 152 valence electrons. The minimum absolute atomic E-state index is 0.151. The minimum atomic E-state index is -1.92. The molecule has 0 unspecified atom stereocenters. The Kier molecular flexibility index (Phi) is 7.04. The average molecular weight is 405 g/mol. The molecule has 1 rings (SSSR count). The molecule has 0 aliphatic heterocycles. The number of allylic oxidation sites excluding steroid dienone is 2. The first-order valence-corrected chi connectivity index (χ1v) is 15.6. The molecule has 0 spiro atoms. The fourth-order valence-electron chi connectivity index (χ4n) is 1.92. The summed E-state index contributed by atoms with van der Waals surface area (Å²) in [7, 11) is -3.80. The van der Waals surface area contributed by atoms with Gasteiger partial charge in [-0.1, -0.05) is 65.8 Å². The van der Waals surface area contributed by atoms with Gasteiger partial charge in [0.05, 0.1) is 0 Å². The molecule has 0 aliphatic rings. The molecule has 0 fully saturated rings. The van der Waals surface area contributed by atoms with E-state index in [1.807, 2.05) is 13.0 Å². The van der Waals surface area contributed by atoms with Crippen LogP contribution >= 0.6 is 0 Å². The molecular formula is C23H40O2Si2. The summed E-state index contributed by atoms with van der Waals surface area (Å²) in [5, 5.41) is 0.315. The van der Waals surface area contributed by atoms with E-state index >= 15 is 0 Å². The molecule has 0 amide bonds. The molecule has 1 aromatic carbocycles. The topological polar surface area (TPSA) is 18.5 Å². The summed E-state index contributed by atoms with van der Waals surface area (Å²) < 4.78 is 13.1. The summed E-state index contributed by atoms with van der Waals surface area (Å²) in [4.78, 5) is 0. The van der Waals surface area contributed by atoms with E-state index in [9.17, 15) is 0 Å². The average Bonchev–Trinajstić information content (AvgIpc) is 2.44. The zero-order valence-corrected chi connectivity index (χ0v) is 21.4. The lowest BCUT2D eigenvalue weighted by Crippen LogP contribution is -2.44. The van der Waals surface area contributed by atoms with Gasteiger partial charge in [0.1, 0.15) is 11.5 Å². The monoisotopic (exact) mass is 404 g/mol. The third-order valence-electron chi connectivity index (χ3n) is 5.88. The van der Waals surface area contributed by atoms with Gasteiger partial charge in [-0.15, -0.1) is 0 Å². The second-order valence-electron chi connectivity index (χ2n) is 10.6. The zero-order chi connectivity index (χ0) is 21.3. The Morgan fingerprint density at radius 3 is 1.81 bits per heavy atom. The van der Waals surface area contributed by atoms with E-state index in [1.54, 1.807) is 0 Å². The van der Waals surface area contributed by atoms with Gasteiger partial charge >= 0.3 is 0 Å². The van der Waals surface area contributed by atoms with E-state index in [0.717, 1.165) is 22.6 Å². The van der Waals surface area contributed by atoms with Gasteiger partial charge < -0.3 is 8.85 Å². The van der Waals surface area contributed by atoms with Crippen molar-refractivity contribution in [3.8, 4) is 11.5 Å². The Hall–Kier alpha value is -1.27.